The van der Waals surface area contributed by atoms with Crippen LogP contribution in [0, 0.1) is 20.8 Å². The van der Waals surface area contributed by atoms with Gasteiger partial charge in [-0.05, 0) is 91.4 Å². The highest BCUT2D eigenvalue weighted by molar-refractivity contribution is 7.91. The summed E-state index contributed by atoms with van der Waals surface area (Å²) in [4.78, 5) is 29.2. The number of aromatic nitrogens is 3. The van der Waals surface area contributed by atoms with Crippen LogP contribution in [0.2, 0.25) is 0 Å². The molecule has 0 radical (unpaired) electrons. The number of hydrogen-bond donors (Lipinski definition) is 2. The lowest BCUT2D eigenvalue weighted by Crippen LogP contribution is -2.53. The van der Waals surface area contributed by atoms with Crippen LogP contribution < -0.4 is 0 Å². The second kappa shape index (κ2) is 10.9. The fourth-order valence-corrected chi connectivity index (χ4v) is 7.95. The maximum absolute atomic E-state index is 14.3. The van der Waals surface area contributed by atoms with E-state index in [1.807, 2.05) is 38.1 Å². The van der Waals surface area contributed by atoms with E-state index >= 15 is 0 Å². The molecule has 2 aliphatic rings. The number of likely N-dealkylation sites (N-methyl/N-ethyl adjacent to an activating group) is 1. The van der Waals surface area contributed by atoms with Crippen LogP contribution in [0.1, 0.15) is 38.2 Å². The molecule has 5 aromatic rings. The number of H-pyrrole nitrogens is 1. The van der Waals surface area contributed by atoms with Gasteiger partial charge in [-0.1, -0.05) is 30.3 Å². The SMILES string of the molecule is Cc1ccc(-c2cc(C)c3c(c2)CN(C)CC3)c(S(=O)(=O)c2cnc3[nH]cc(-c4ccc(C(=O)N5CC(O)C5)c(C)c4)c3n2)c1. The Bertz CT molecular complexity index is 2110. The van der Waals surface area contributed by atoms with E-state index in [1.165, 1.54) is 22.9 Å². The molecule has 1 amide bonds. The number of amides is 1. The molecule has 45 heavy (non-hydrogen) atoms. The number of rotatable bonds is 5. The number of aliphatic hydroxyl groups is 1. The smallest absolute Gasteiger partial charge is 0.254 e. The number of carbonyl (C=O) groups is 1. The summed E-state index contributed by atoms with van der Waals surface area (Å²) in [6, 6.07) is 15.2. The number of aryl methyl sites for hydroxylation is 3. The first-order chi connectivity index (χ1) is 21.5. The Kier molecular flexibility index (Phi) is 7.11. The number of aliphatic hydroxyl groups excluding tert-OH is 1. The zero-order chi connectivity index (χ0) is 31.6. The van der Waals surface area contributed by atoms with Gasteiger partial charge in [0.05, 0.1) is 17.2 Å². The van der Waals surface area contributed by atoms with E-state index in [1.54, 1.807) is 23.2 Å². The second-order valence-corrected chi connectivity index (χ2v) is 14.3. The molecule has 0 saturated carbocycles. The first-order valence-electron chi connectivity index (χ1n) is 15.1. The molecule has 1 fully saturated rings. The average molecular weight is 622 g/mol. The van der Waals surface area contributed by atoms with Crippen molar-refractivity contribution in [2.24, 2.45) is 0 Å². The highest BCUT2D eigenvalue weighted by Gasteiger charge is 2.31. The fourth-order valence-electron chi connectivity index (χ4n) is 6.51. The van der Waals surface area contributed by atoms with Gasteiger partial charge >= 0.3 is 0 Å². The van der Waals surface area contributed by atoms with E-state index < -0.39 is 15.9 Å². The molecule has 0 bridgehead atoms. The van der Waals surface area contributed by atoms with E-state index in [0.29, 0.717) is 40.9 Å². The summed E-state index contributed by atoms with van der Waals surface area (Å²) in [6.07, 6.45) is 3.58. The molecule has 7 rings (SSSR count). The average Bonchev–Trinajstić information content (AvgIpc) is 3.42. The van der Waals surface area contributed by atoms with Crippen LogP contribution in [0.3, 0.4) is 0 Å². The zero-order valence-electron chi connectivity index (χ0n) is 25.8. The monoisotopic (exact) mass is 621 g/mol. The predicted octanol–water partition coefficient (Wildman–Crippen LogP) is 4.85. The minimum absolute atomic E-state index is 0.119. The molecule has 9 nitrogen and oxygen atoms in total. The largest absolute Gasteiger partial charge is 0.389 e. The number of fused-ring (bicyclic) bond motifs is 2. The number of benzene rings is 3. The summed E-state index contributed by atoms with van der Waals surface area (Å²) in [6.45, 7) is 8.35. The highest BCUT2D eigenvalue weighted by Crippen LogP contribution is 2.36. The highest BCUT2D eigenvalue weighted by atomic mass is 32.2. The number of β-amino-alcohol motifs (C(OH)–C–C–N with tert-alkyl or cyclic N) is 1. The molecule has 0 atom stereocenters. The van der Waals surface area contributed by atoms with Crippen molar-refractivity contribution in [3.63, 3.8) is 0 Å². The Hall–Kier alpha value is -4.38. The fraction of sp³-hybridized carbons (Fsp3) is 0.286. The third-order valence-electron chi connectivity index (χ3n) is 9.04. The second-order valence-electron chi connectivity index (χ2n) is 12.4. The normalized spacial score (nSPS) is 15.7. The predicted molar refractivity (Wildman–Crippen MR) is 173 cm³/mol. The third kappa shape index (κ3) is 5.12. The van der Waals surface area contributed by atoms with E-state index in [-0.39, 0.29) is 15.8 Å². The van der Waals surface area contributed by atoms with E-state index in [2.05, 4.69) is 46.0 Å². The van der Waals surface area contributed by atoms with Gasteiger partial charge in [0, 0.05) is 49.1 Å². The summed E-state index contributed by atoms with van der Waals surface area (Å²) in [5.74, 6) is -0.119. The van der Waals surface area contributed by atoms with Crippen molar-refractivity contribution in [3.8, 4) is 22.3 Å². The molecule has 0 aliphatic carbocycles. The van der Waals surface area contributed by atoms with Crippen LogP contribution in [-0.4, -0.2) is 77.0 Å². The quantitative estimate of drug-likeness (QED) is 0.288. The lowest BCUT2D eigenvalue weighted by Gasteiger charge is -2.36. The van der Waals surface area contributed by atoms with Gasteiger partial charge in [0.1, 0.15) is 5.52 Å². The van der Waals surface area contributed by atoms with Crippen LogP contribution >= 0.6 is 0 Å². The van der Waals surface area contributed by atoms with Gasteiger partial charge in [-0.2, -0.15) is 0 Å². The lowest BCUT2D eigenvalue weighted by atomic mass is 9.90. The standard InChI is InChI=1S/C35H35N5O4S/c1-20-5-7-29(24-13-21(2)27-9-10-39(4)17-25(27)14-24)31(11-20)45(43,44)32-16-37-34-33(38-32)30(15-36-34)23-6-8-28(22(3)12-23)35(42)40-18-26(41)19-40/h5-8,11-16,26,41H,9-10,17-19H2,1-4H3,(H,36,37). The van der Waals surface area contributed by atoms with Crippen molar-refractivity contribution >= 4 is 26.9 Å². The summed E-state index contributed by atoms with van der Waals surface area (Å²) in [5.41, 5.74) is 9.81. The van der Waals surface area contributed by atoms with Gasteiger partial charge in [-0.25, -0.2) is 18.4 Å². The van der Waals surface area contributed by atoms with E-state index in [9.17, 15) is 18.3 Å². The Morgan fingerprint density at radius 3 is 2.51 bits per heavy atom. The topological polar surface area (TPSA) is 119 Å². The number of sulfone groups is 1. The maximum atomic E-state index is 14.3. The Labute approximate surface area is 262 Å². The number of carbonyl (C=O) groups excluding carboxylic acids is 1. The summed E-state index contributed by atoms with van der Waals surface area (Å²) >= 11 is 0. The van der Waals surface area contributed by atoms with Crippen molar-refractivity contribution in [1.82, 2.24) is 24.8 Å². The molecule has 2 aliphatic heterocycles. The first-order valence-corrected chi connectivity index (χ1v) is 16.6. The summed E-state index contributed by atoms with van der Waals surface area (Å²) in [7, 11) is -1.96. The third-order valence-corrected chi connectivity index (χ3v) is 10.7. The molecule has 2 N–H and O–H groups in total. The van der Waals surface area contributed by atoms with E-state index in [0.717, 1.165) is 41.8 Å². The number of nitrogens with zero attached hydrogens (tertiary/aromatic N) is 4. The van der Waals surface area contributed by atoms with Gasteiger partial charge in [0.25, 0.3) is 5.91 Å². The molecule has 230 valence electrons. The maximum Gasteiger partial charge on any atom is 0.254 e. The van der Waals surface area contributed by atoms with Crippen molar-refractivity contribution in [3.05, 3.63) is 94.3 Å². The zero-order valence-corrected chi connectivity index (χ0v) is 26.6. The lowest BCUT2D eigenvalue weighted by molar-refractivity contribution is 0.00584. The van der Waals surface area contributed by atoms with Crippen LogP contribution in [0.4, 0.5) is 0 Å². The van der Waals surface area contributed by atoms with Crippen LogP contribution in [0.15, 0.2) is 70.8 Å². The molecule has 3 aromatic carbocycles. The van der Waals surface area contributed by atoms with Crippen molar-refractivity contribution in [2.45, 2.75) is 49.8 Å². The summed E-state index contributed by atoms with van der Waals surface area (Å²) in [5, 5.41) is 9.47. The number of nitrogens with one attached hydrogen (secondary N) is 1. The Morgan fingerprint density at radius 2 is 1.76 bits per heavy atom. The van der Waals surface area contributed by atoms with Gasteiger partial charge in [0.15, 0.2) is 10.7 Å². The van der Waals surface area contributed by atoms with Gasteiger partial charge in [0.2, 0.25) is 9.84 Å². The summed E-state index contributed by atoms with van der Waals surface area (Å²) < 4.78 is 28.7. The van der Waals surface area contributed by atoms with Crippen molar-refractivity contribution < 1.29 is 18.3 Å². The van der Waals surface area contributed by atoms with Crippen molar-refractivity contribution in [2.75, 3.05) is 26.7 Å². The number of aromatic amines is 1. The number of hydrogen-bond acceptors (Lipinski definition) is 7. The molecular weight excluding hydrogens is 586 g/mol. The van der Waals surface area contributed by atoms with Gasteiger partial charge < -0.3 is 19.9 Å². The van der Waals surface area contributed by atoms with Gasteiger partial charge in [-0.15, -0.1) is 0 Å². The molecular formula is C35H35N5O4S. The molecule has 1 saturated heterocycles. The minimum atomic E-state index is -4.06. The Balaban J connectivity index is 1.28. The van der Waals surface area contributed by atoms with Crippen LogP contribution in [0.5, 0.6) is 0 Å². The molecule has 10 heteroatoms. The number of likely N-dealkylation sites (tertiary alicyclic amines) is 1. The van der Waals surface area contributed by atoms with Crippen LogP contribution in [0.25, 0.3) is 33.4 Å². The molecule has 0 unspecified atom stereocenters. The molecule has 0 spiro atoms. The van der Waals surface area contributed by atoms with Gasteiger partial charge in [-0.3, -0.25) is 4.79 Å². The first kappa shape index (κ1) is 29.3. The van der Waals surface area contributed by atoms with Crippen LogP contribution in [-0.2, 0) is 22.8 Å². The minimum Gasteiger partial charge on any atom is -0.389 e. The Morgan fingerprint density at radius 1 is 0.978 bits per heavy atom. The molecule has 4 heterocycles. The van der Waals surface area contributed by atoms with Crippen molar-refractivity contribution in [1.29, 1.82) is 0 Å². The molecule has 2 aromatic heterocycles. The van der Waals surface area contributed by atoms with E-state index in [4.69, 9.17) is 0 Å².